The lowest BCUT2D eigenvalue weighted by atomic mass is 10.1. The fourth-order valence-corrected chi connectivity index (χ4v) is 3.11. The SMILES string of the molecule is CS/C(=C\[N+](=O)[O-])SCCCCc1ccccc1. The molecule has 0 aliphatic heterocycles. The molecule has 0 unspecified atom stereocenters. The van der Waals surface area contributed by atoms with Crippen LogP contribution in [0.25, 0.3) is 0 Å². The average molecular weight is 283 g/mol. The number of hydrogen-bond acceptors (Lipinski definition) is 4. The summed E-state index contributed by atoms with van der Waals surface area (Å²) in [5, 5.41) is 10.3. The number of unbranched alkanes of at least 4 members (excludes halogenated alkanes) is 1. The number of nitrogens with zero attached hydrogens (tertiary/aromatic N) is 1. The van der Waals surface area contributed by atoms with Gasteiger partial charge in [0.05, 0.1) is 4.92 Å². The van der Waals surface area contributed by atoms with Gasteiger partial charge in [0.15, 0.2) is 0 Å². The molecule has 0 saturated carbocycles. The first-order valence-electron chi connectivity index (χ1n) is 5.78. The molecule has 0 atom stereocenters. The Hall–Kier alpha value is -0.940. The molecule has 5 heteroatoms. The summed E-state index contributed by atoms with van der Waals surface area (Å²) in [6.45, 7) is 0. The van der Waals surface area contributed by atoms with E-state index in [1.54, 1.807) is 11.8 Å². The van der Waals surface area contributed by atoms with Gasteiger partial charge >= 0.3 is 0 Å². The molecule has 0 spiro atoms. The van der Waals surface area contributed by atoms with E-state index in [0.29, 0.717) is 0 Å². The van der Waals surface area contributed by atoms with Crippen molar-refractivity contribution in [2.24, 2.45) is 0 Å². The third kappa shape index (κ3) is 6.71. The molecule has 0 radical (unpaired) electrons. The van der Waals surface area contributed by atoms with Crippen LogP contribution in [0.1, 0.15) is 18.4 Å². The van der Waals surface area contributed by atoms with Gasteiger partial charge in [-0.3, -0.25) is 10.1 Å². The molecule has 0 bridgehead atoms. The Kier molecular flexibility index (Phi) is 7.60. The summed E-state index contributed by atoms with van der Waals surface area (Å²) < 4.78 is 0.778. The molecule has 0 aliphatic carbocycles. The Morgan fingerprint density at radius 2 is 2.06 bits per heavy atom. The average Bonchev–Trinajstić information content (AvgIpc) is 2.37. The van der Waals surface area contributed by atoms with Gasteiger partial charge in [-0.2, -0.15) is 0 Å². The van der Waals surface area contributed by atoms with Crippen LogP contribution in [0.3, 0.4) is 0 Å². The molecule has 0 saturated heterocycles. The summed E-state index contributed by atoms with van der Waals surface area (Å²) in [5.74, 6) is 0.938. The Balaban J connectivity index is 2.17. The molecule has 0 fully saturated rings. The Bertz CT molecular complexity index is 393. The van der Waals surface area contributed by atoms with Gasteiger partial charge in [0.25, 0.3) is 6.20 Å². The van der Waals surface area contributed by atoms with Crippen LogP contribution in [0, 0.1) is 10.1 Å². The first-order valence-corrected chi connectivity index (χ1v) is 7.99. The predicted molar refractivity (Wildman–Crippen MR) is 80.4 cm³/mol. The number of aryl methyl sites for hydroxylation is 1. The highest BCUT2D eigenvalue weighted by Crippen LogP contribution is 2.27. The van der Waals surface area contributed by atoms with Gasteiger partial charge in [-0.1, -0.05) is 30.3 Å². The molecular formula is C13H17NO2S2. The lowest BCUT2D eigenvalue weighted by molar-refractivity contribution is -0.402. The highest BCUT2D eigenvalue weighted by molar-refractivity contribution is 8.21. The van der Waals surface area contributed by atoms with Crippen LogP contribution in [-0.4, -0.2) is 16.9 Å². The summed E-state index contributed by atoms with van der Waals surface area (Å²) in [7, 11) is 0. The molecule has 0 amide bonds. The molecule has 1 rings (SSSR count). The fraction of sp³-hybridized carbons (Fsp3) is 0.385. The minimum Gasteiger partial charge on any atom is -0.259 e. The van der Waals surface area contributed by atoms with Crippen LogP contribution in [0.2, 0.25) is 0 Å². The minimum absolute atomic E-state index is 0.386. The third-order valence-corrected chi connectivity index (χ3v) is 4.60. The van der Waals surface area contributed by atoms with Crippen molar-refractivity contribution < 1.29 is 4.92 Å². The number of thioether (sulfide) groups is 2. The fourth-order valence-electron chi connectivity index (χ4n) is 1.48. The highest BCUT2D eigenvalue weighted by atomic mass is 32.2. The van der Waals surface area contributed by atoms with Crippen molar-refractivity contribution in [1.82, 2.24) is 0 Å². The molecule has 3 nitrogen and oxygen atoms in total. The van der Waals surface area contributed by atoms with Crippen molar-refractivity contribution >= 4 is 23.5 Å². The zero-order valence-corrected chi connectivity index (χ0v) is 12.0. The zero-order valence-electron chi connectivity index (χ0n) is 10.4. The van der Waals surface area contributed by atoms with Gasteiger partial charge < -0.3 is 0 Å². The van der Waals surface area contributed by atoms with E-state index in [4.69, 9.17) is 0 Å². The number of rotatable bonds is 8. The van der Waals surface area contributed by atoms with Gasteiger partial charge in [-0.15, -0.1) is 23.5 Å². The van der Waals surface area contributed by atoms with Crippen molar-refractivity contribution in [2.75, 3.05) is 12.0 Å². The van der Waals surface area contributed by atoms with Crippen LogP contribution in [0.5, 0.6) is 0 Å². The van der Waals surface area contributed by atoms with Crippen LogP contribution >= 0.6 is 23.5 Å². The summed E-state index contributed by atoms with van der Waals surface area (Å²) >= 11 is 3.00. The van der Waals surface area contributed by atoms with E-state index in [2.05, 4.69) is 24.3 Å². The summed E-state index contributed by atoms with van der Waals surface area (Å²) in [6.07, 6.45) is 6.24. The molecule has 1 aromatic carbocycles. The lowest BCUT2D eigenvalue weighted by Crippen LogP contribution is -1.89. The van der Waals surface area contributed by atoms with Crippen LogP contribution < -0.4 is 0 Å². The minimum atomic E-state index is -0.386. The number of hydrogen-bond donors (Lipinski definition) is 0. The maximum Gasteiger partial charge on any atom is 0.254 e. The predicted octanol–water partition coefficient (Wildman–Crippen LogP) is 4.18. The second-order valence-electron chi connectivity index (χ2n) is 3.73. The van der Waals surface area contributed by atoms with Crippen molar-refractivity contribution in [3.63, 3.8) is 0 Å². The lowest BCUT2D eigenvalue weighted by Gasteiger charge is -2.02. The van der Waals surface area contributed by atoms with E-state index in [9.17, 15) is 10.1 Å². The zero-order chi connectivity index (χ0) is 13.2. The number of nitro groups is 1. The van der Waals surface area contributed by atoms with E-state index in [-0.39, 0.29) is 4.92 Å². The van der Waals surface area contributed by atoms with Crippen LogP contribution in [0.15, 0.2) is 40.8 Å². The number of benzene rings is 1. The largest absolute Gasteiger partial charge is 0.259 e. The van der Waals surface area contributed by atoms with Gasteiger partial charge in [0, 0.05) is 0 Å². The summed E-state index contributed by atoms with van der Waals surface area (Å²) in [5.41, 5.74) is 1.36. The molecule has 0 aromatic heterocycles. The topological polar surface area (TPSA) is 43.1 Å². The van der Waals surface area contributed by atoms with E-state index in [1.807, 2.05) is 12.3 Å². The van der Waals surface area contributed by atoms with E-state index in [1.165, 1.54) is 17.3 Å². The maximum atomic E-state index is 10.3. The summed E-state index contributed by atoms with van der Waals surface area (Å²) in [4.78, 5) is 9.96. The van der Waals surface area contributed by atoms with E-state index in [0.717, 1.165) is 35.5 Å². The smallest absolute Gasteiger partial charge is 0.254 e. The Morgan fingerprint density at radius 3 is 2.67 bits per heavy atom. The molecule has 0 N–H and O–H groups in total. The van der Waals surface area contributed by atoms with Crippen molar-refractivity contribution in [3.8, 4) is 0 Å². The monoisotopic (exact) mass is 283 g/mol. The van der Waals surface area contributed by atoms with Gasteiger partial charge in [-0.05, 0) is 36.8 Å². The Morgan fingerprint density at radius 1 is 1.33 bits per heavy atom. The quantitative estimate of drug-likeness (QED) is 0.408. The maximum absolute atomic E-state index is 10.3. The second kappa shape index (κ2) is 9.05. The standard InChI is InChI=1S/C13H17NO2S2/c1-17-13(11-14(15)16)18-10-6-5-9-12-7-3-2-4-8-12/h2-4,7-8,11H,5-6,9-10H2,1H3/b13-11+. The second-order valence-corrected chi connectivity index (χ2v) is 5.97. The molecule has 1 aromatic rings. The van der Waals surface area contributed by atoms with Crippen molar-refractivity contribution in [1.29, 1.82) is 0 Å². The highest BCUT2D eigenvalue weighted by Gasteiger charge is 2.02. The molecule has 98 valence electrons. The van der Waals surface area contributed by atoms with Crippen LogP contribution in [0.4, 0.5) is 0 Å². The first kappa shape index (κ1) is 15.1. The van der Waals surface area contributed by atoms with Crippen molar-refractivity contribution in [2.45, 2.75) is 19.3 Å². The molecule has 0 heterocycles. The molecule has 18 heavy (non-hydrogen) atoms. The van der Waals surface area contributed by atoms with E-state index >= 15 is 0 Å². The first-order chi connectivity index (χ1) is 8.72. The summed E-state index contributed by atoms with van der Waals surface area (Å²) in [6, 6.07) is 10.4. The van der Waals surface area contributed by atoms with Crippen molar-refractivity contribution in [3.05, 3.63) is 56.4 Å². The molecular weight excluding hydrogens is 266 g/mol. The van der Waals surface area contributed by atoms with Gasteiger partial charge in [0.2, 0.25) is 0 Å². The van der Waals surface area contributed by atoms with E-state index < -0.39 is 0 Å². The third-order valence-electron chi connectivity index (χ3n) is 2.36. The van der Waals surface area contributed by atoms with Gasteiger partial charge in [0.1, 0.15) is 4.24 Å². The normalized spacial score (nSPS) is 11.5. The van der Waals surface area contributed by atoms with Crippen LogP contribution in [-0.2, 0) is 6.42 Å². The Labute approximate surface area is 116 Å². The van der Waals surface area contributed by atoms with Gasteiger partial charge in [-0.25, -0.2) is 0 Å². The molecule has 0 aliphatic rings.